The second-order valence-electron chi connectivity index (χ2n) is 5.00. The maximum atomic E-state index is 12.7. The smallest absolute Gasteiger partial charge is 0.255 e. The van der Waals surface area contributed by atoms with E-state index in [1.54, 1.807) is 0 Å². The van der Waals surface area contributed by atoms with E-state index in [2.05, 4.69) is 24.9 Å². The highest BCUT2D eigenvalue weighted by Gasteiger charge is 2.26. The van der Waals surface area contributed by atoms with Crippen molar-refractivity contribution >= 4 is 18.5 Å². The summed E-state index contributed by atoms with van der Waals surface area (Å²) in [4.78, 5) is 15.5. The van der Waals surface area contributed by atoms with Crippen molar-refractivity contribution in [2.45, 2.75) is 37.1 Å². The molecule has 19 heavy (non-hydrogen) atoms. The number of benzene rings is 1. The lowest BCUT2D eigenvalue weighted by molar-refractivity contribution is 0.0639. The first kappa shape index (κ1) is 14.4. The fourth-order valence-corrected chi connectivity index (χ4v) is 2.87. The largest absolute Gasteiger partial charge is 0.336 e. The first-order valence-corrected chi connectivity index (χ1v) is 7.48. The van der Waals surface area contributed by atoms with Crippen LogP contribution in [0.25, 0.3) is 0 Å². The lowest BCUT2D eigenvalue weighted by Gasteiger charge is -2.35. The van der Waals surface area contributed by atoms with E-state index in [1.807, 2.05) is 29.2 Å². The van der Waals surface area contributed by atoms with Gasteiger partial charge in [0.15, 0.2) is 0 Å². The molecule has 0 unspecified atom stereocenters. The van der Waals surface area contributed by atoms with E-state index in [4.69, 9.17) is 0 Å². The van der Waals surface area contributed by atoms with Gasteiger partial charge in [-0.1, -0.05) is 19.1 Å². The Morgan fingerprint density at radius 2 is 2.05 bits per heavy atom. The van der Waals surface area contributed by atoms with E-state index in [1.165, 1.54) is 0 Å². The summed E-state index contributed by atoms with van der Waals surface area (Å²) in [5.74, 6) is 0.124. The summed E-state index contributed by atoms with van der Waals surface area (Å²) in [5.41, 5.74) is 0.720. The van der Waals surface area contributed by atoms with Crippen LogP contribution in [0.2, 0.25) is 0 Å². The zero-order valence-electron chi connectivity index (χ0n) is 11.4. The average Bonchev–Trinajstić information content (AvgIpc) is 2.45. The Hall–Kier alpha value is -1.00. The van der Waals surface area contributed by atoms with Gasteiger partial charge < -0.3 is 10.2 Å². The third-order valence-electron chi connectivity index (χ3n) is 3.61. The molecule has 1 aromatic rings. The van der Waals surface area contributed by atoms with Gasteiger partial charge in [-0.25, -0.2) is 0 Å². The number of piperidine rings is 1. The van der Waals surface area contributed by atoms with Crippen LogP contribution < -0.4 is 5.32 Å². The van der Waals surface area contributed by atoms with Crippen molar-refractivity contribution in [2.24, 2.45) is 0 Å². The van der Waals surface area contributed by atoms with Crippen molar-refractivity contribution in [1.82, 2.24) is 10.2 Å². The Kier molecular flexibility index (Phi) is 5.28. The quantitative estimate of drug-likeness (QED) is 0.830. The molecule has 0 saturated carbocycles. The number of nitrogens with one attached hydrogen (secondary N) is 1. The van der Waals surface area contributed by atoms with Crippen LogP contribution in [-0.4, -0.2) is 36.5 Å². The molecule has 1 aromatic carbocycles. The second kappa shape index (κ2) is 6.96. The monoisotopic (exact) mass is 278 g/mol. The maximum Gasteiger partial charge on any atom is 0.255 e. The molecule has 1 amide bonds. The Bertz CT molecular complexity index is 430. The zero-order chi connectivity index (χ0) is 13.7. The van der Waals surface area contributed by atoms with Crippen molar-refractivity contribution < 1.29 is 4.79 Å². The van der Waals surface area contributed by atoms with Gasteiger partial charge in [0.2, 0.25) is 0 Å². The Morgan fingerprint density at radius 1 is 1.37 bits per heavy atom. The van der Waals surface area contributed by atoms with Gasteiger partial charge in [0.05, 0.1) is 5.56 Å². The van der Waals surface area contributed by atoms with Crippen LogP contribution in [0.4, 0.5) is 0 Å². The Balaban J connectivity index is 2.18. The van der Waals surface area contributed by atoms with Crippen molar-refractivity contribution in [2.75, 3.05) is 19.6 Å². The Labute approximate surface area is 120 Å². The molecule has 3 nitrogen and oxygen atoms in total. The standard InChI is InChI=1S/C15H22N2OS/c1-2-11-17(12-7-9-16-10-8-12)15(18)13-5-3-4-6-14(13)19/h3-6,12,16,19H,2,7-11H2,1H3. The molecule has 0 aliphatic carbocycles. The van der Waals surface area contributed by atoms with Gasteiger partial charge in [-0.2, -0.15) is 0 Å². The van der Waals surface area contributed by atoms with Gasteiger partial charge in [-0.3, -0.25) is 4.79 Å². The number of carbonyl (C=O) groups is 1. The molecule has 1 fully saturated rings. The van der Waals surface area contributed by atoms with Crippen molar-refractivity contribution in [3.63, 3.8) is 0 Å². The number of hydrogen-bond donors (Lipinski definition) is 2. The number of hydrogen-bond acceptors (Lipinski definition) is 3. The molecule has 0 atom stereocenters. The Morgan fingerprint density at radius 3 is 2.68 bits per heavy atom. The van der Waals surface area contributed by atoms with Gasteiger partial charge in [0.25, 0.3) is 5.91 Å². The zero-order valence-corrected chi connectivity index (χ0v) is 12.3. The molecular weight excluding hydrogens is 256 g/mol. The summed E-state index contributed by atoms with van der Waals surface area (Å²) in [5, 5.41) is 3.35. The average molecular weight is 278 g/mol. The van der Waals surface area contributed by atoms with E-state index in [-0.39, 0.29) is 5.91 Å². The van der Waals surface area contributed by atoms with Gasteiger partial charge in [0, 0.05) is 17.5 Å². The molecule has 0 bridgehead atoms. The summed E-state index contributed by atoms with van der Waals surface area (Å²) >= 11 is 4.40. The second-order valence-corrected chi connectivity index (χ2v) is 5.48. The third-order valence-corrected chi connectivity index (χ3v) is 4.00. The minimum Gasteiger partial charge on any atom is -0.336 e. The summed E-state index contributed by atoms with van der Waals surface area (Å²) in [7, 11) is 0. The van der Waals surface area contributed by atoms with Crippen LogP contribution in [0, 0.1) is 0 Å². The minimum absolute atomic E-state index is 0.124. The highest BCUT2D eigenvalue weighted by atomic mass is 32.1. The third kappa shape index (κ3) is 3.51. The van der Waals surface area contributed by atoms with Crippen molar-refractivity contribution in [3.8, 4) is 0 Å². The molecule has 1 saturated heterocycles. The molecule has 1 N–H and O–H groups in total. The SMILES string of the molecule is CCCN(C(=O)c1ccccc1S)C1CCNCC1. The predicted octanol–water partition coefficient (Wildman–Crippen LogP) is 2.58. The van der Waals surface area contributed by atoms with Gasteiger partial charge in [-0.05, 0) is 44.5 Å². The molecule has 0 radical (unpaired) electrons. The van der Waals surface area contributed by atoms with E-state index in [0.29, 0.717) is 6.04 Å². The van der Waals surface area contributed by atoms with Crippen molar-refractivity contribution in [1.29, 1.82) is 0 Å². The van der Waals surface area contributed by atoms with Gasteiger partial charge >= 0.3 is 0 Å². The molecule has 1 aliphatic heterocycles. The van der Waals surface area contributed by atoms with E-state index in [9.17, 15) is 4.79 Å². The van der Waals surface area contributed by atoms with E-state index in [0.717, 1.165) is 49.4 Å². The van der Waals surface area contributed by atoms with E-state index < -0.39 is 0 Å². The fraction of sp³-hybridized carbons (Fsp3) is 0.533. The lowest BCUT2D eigenvalue weighted by atomic mass is 10.0. The predicted molar refractivity (Wildman–Crippen MR) is 80.9 cm³/mol. The topological polar surface area (TPSA) is 32.3 Å². The normalized spacial score (nSPS) is 16.3. The highest BCUT2D eigenvalue weighted by molar-refractivity contribution is 7.80. The van der Waals surface area contributed by atoms with Crippen LogP contribution in [0.15, 0.2) is 29.2 Å². The van der Waals surface area contributed by atoms with Gasteiger partial charge in [0.1, 0.15) is 0 Å². The summed E-state index contributed by atoms with van der Waals surface area (Å²) in [6.07, 6.45) is 3.07. The van der Waals surface area contributed by atoms with Crippen LogP contribution in [0.1, 0.15) is 36.5 Å². The lowest BCUT2D eigenvalue weighted by Crippen LogP contribution is -2.46. The minimum atomic E-state index is 0.124. The number of rotatable bonds is 4. The molecular formula is C15H22N2OS. The first-order valence-electron chi connectivity index (χ1n) is 7.03. The summed E-state index contributed by atoms with van der Waals surface area (Å²) in [6, 6.07) is 7.92. The fourth-order valence-electron chi connectivity index (χ4n) is 2.62. The van der Waals surface area contributed by atoms with E-state index >= 15 is 0 Å². The van der Waals surface area contributed by atoms with Gasteiger partial charge in [-0.15, -0.1) is 12.6 Å². The van der Waals surface area contributed by atoms with Crippen LogP contribution in [0.3, 0.4) is 0 Å². The summed E-state index contributed by atoms with van der Waals surface area (Å²) < 4.78 is 0. The maximum absolute atomic E-state index is 12.7. The number of amides is 1. The van der Waals surface area contributed by atoms with Crippen LogP contribution in [0.5, 0.6) is 0 Å². The highest BCUT2D eigenvalue weighted by Crippen LogP contribution is 2.20. The van der Waals surface area contributed by atoms with Crippen LogP contribution >= 0.6 is 12.6 Å². The molecule has 1 heterocycles. The molecule has 2 rings (SSSR count). The van der Waals surface area contributed by atoms with Crippen molar-refractivity contribution in [3.05, 3.63) is 29.8 Å². The molecule has 1 aliphatic rings. The van der Waals surface area contributed by atoms with Crippen LogP contribution in [-0.2, 0) is 0 Å². The molecule has 4 heteroatoms. The number of thiol groups is 1. The molecule has 0 aromatic heterocycles. The number of carbonyl (C=O) groups excluding carboxylic acids is 1. The molecule has 0 spiro atoms. The first-order chi connectivity index (χ1) is 9.24. The summed E-state index contributed by atoms with van der Waals surface area (Å²) in [6.45, 7) is 4.95. The molecule has 104 valence electrons. The number of nitrogens with zero attached hydrogens (tertiary/aromatic N) is 1.